The molecule has 1 N–H and O–H groups in total. The first-order chi connectivity index (χ1) is 11.3. The summed E-state index contributed by atoms with van der Waals surface area (Å²) in [4.78, 5) is 16.7. The standard InChI is InChI=1S/C16H22BrN5O2/c1-16(2,3)24-15(23)22-8-6-12(7-9-22)19-13-5-4-11(17)10-14(13)20-21-18/h4-5,10,12,19H,6-9H2,1-3H3. The van der Waals surface area contributed by atoms with E-state index in [1.165, 1.54) is 0 Å². The number of ether oxygens (including phenoxy) is 1. The number of carbonyl (C=O) groups excluding carboxylic acids is 1. The maximum absolute atomic E-state index is 12.1. The van der Waals surface area contributed by atoms with Crippen molar-refractivity contribution in [1.29, 1.82) is 0 Å². The monoisotopic (exact) mass is 395 g/mol. The van der Waals surface area contributed by atoms with Crippen molar-refractivity contribution in [1.82, 2.24) is 4.90 Å². The summed E-state index contributed by atoms with van der Waals surface area (Å²) in [5.74, 6) is 0. The molecule has 8 heteroatoms. The second-order valence-corrected chi connectivity index (χ2v) is 7.65. The third-order valence-electron chi connectivity index (χ3n) is 3.62. The SMILES string of the molecule is CC(C)(C)OC(=O)N1CCC(Nc2ccc(Br)cc2N=[N+]=[N-])CC1. The highest BCUT2D eigenvalue weighted by Gasteiger charge is 2.27. The fourth-order valence-electron chi connectivity index (χ4n) is 2.51. The van der Waals surface area contributed by atoms with Gasteiger partial charge in [-0.3, -0.25) is 0 Å². The van der Waals surface area contributed by atoms with E-state index in [4.69, 9.17) is 10.3 Å². The van der Waals surface area contributed by atoms with Gasteiger partial charge in [-0.15, -0.1) is 0 Å². The van der Waals surface area contributed by atoms with Gasteiger partial charge in [-0.05, 0) is 57.3 Å². The summed E-state index contributed by atoms with van der Waals surface area (Å²) >= 11 is 3.37. The van der Waals surface area contributed by atoms with Gasteiger partial charge in [-0.1, -0.05) is 21.0 Å². The molecule has 1 aliphatic rings. The number of nitrogens with zero attached hydrogens (tertiary/aromatic N) is 4. The summed E-state index contributed by atoms with van der Waals surface area (Å²) < 4.78 is 6.26. The van der Waals surface area contributed by atoms with Gasteiger partial charge in [-0.2, -0.15) is 0 Å². The molecule has 1 amide bonds. The molecule has 0 radical (unpaired) electrons. The van der Waals surface area contributed by atoms with Gasteiger partial charge in [0.2, 0.25) is 0 Å². The number of likely N-dealkylation sites (tertiary alicyclic amines) is 1. The minimum Gasteiger partial charge on any atom is -0.444 e. The van der Waals surface area contributed by atoms with E-state index in [1.54, 1.807) is 11.0 Å². The quantitative estimate of drug-likeness (QED) is 0.432. The largest absolute Gasteiger partial charge is 0.444 e. The average molecular weight is 396 g/mol. The molecular formula is C16H22BrN5O2. The zero-order chi connectivity index (χ0) is 17.7. The molecule has 0 spiro atoms. The van der Waals surface area contributed by atoms with Gasteiger partial charge in [-0.25, -0.2) is 4.79 Å². The summed E-state index contributed by atoms with van der Waals surface area (Å²) in [5, 5.41) is 7.12. The van der Waals surface area contributed by atoms with Crippen LogP contribution >= 0.6 is 15.9 Å². The van der Waals surface area contributed by atoms with Crippen LogP contribution in [0.4, 0.5) is 16.2 Å². The predicted octanol–water partition coefficient (Wildman–Crippen LogP) is 5.20. The average Bonchev–Trinajstić information content (AvgIpc) is 2.49. The Balaban J connectivity index is 1.94. The summed E-state index contributed by atoms with van der Waals surface area (Å²) in [5.41, 5.74) is 9.56. The van der Waals surface area contributed by atoms with E-state index >= 15 is 0 Å². The van der Waals surface area contributed by atoms with Crippen molar-refractivity contribution in [2.75, 3.05) is 18.4 Å². The van der Waals surface area contributed by atoms with Gasteiger partial charge in [0, 0.05) is 34.2 Å². The molecular weight excluding hydrogens is 374 g/mol. The van der Waals surface area contributed by atoms with Crippen LogP contribution in [-0.2, 0) is 4.74 Å². The van der Waals surface area contributed by atoms with Gasteiger partial charge >= 0.3 is 6.09 Å². The zero-order valence-corrected chi connectivity index (χ0v) is 15.7. The van der Waals surface area contributed by atoms with Crippen LogP contribution in [0.25, 0.3) is 10.4 Å². The molecule has 0 aromatic heterocycles. The van der Waals surface area contributed by atoms with E-state index in [9.17, 15) is 4.79 Å². The maximum atomic E-state index is 12.1. The van der Waals surface area contributed by atoms with Crippen LogP contribution in [0.2, 0.25) is 0 Å². The van der Waals surface area contributed by atoms with Crippen LogP contribution in [0.15, 0.2) is 27.8 Å². The highest BCUT2D eigenvalue weighted by Crippen LogP contribution is 2.30. The number of benzene rings is 1. The van der Waals surface area contributed by atoms with Crippen LogP contribution in [0.1, 0.15) is 33.6 Å². The number of piperidine rings is 1. The Labute approximate surface area is 150 Å². The topological polar surface area (TPSA) is 90.3 Å². The molecule has 1 aromatic carbocycles. The van der Waals surface area contributed by atoms with E-state index in [1.807, 2.05) is 32.9 Å². The number of nitrogens with one attached hydrogen (secondary N) is 1. The molecule has 1 aromatic rings. The first-order valence-corrected chi connectivity index (χ1v) is 8.67. The van der Waals surface area contributed by atoms with Crippen molar-refractivity contribution in [2.24, 2.45) is 5.11 Å². The maximum Gasteiger partial charge on any atom is 0.410 e. The van der Waals surface area contributed by atoms with Crippen molar-refractivity contribution in [2.45, 2.75) is 45.3 Å². The number of rotatable bonds is 3. The first-order valence-electron chi connectivity index (χ1n) is 7.87. The highest BCUT2D eigenvalue weighted by molar-refractivity contribution is 9.10. The van der Waals surface area contributed by atoms with Gasteiger partial charge in [0.1, 0.15) is 5.60 Å². The van der Waals surface area contributed by atoms with E-state index in [-0.39, 0.29) is 12.1 Å². The molecule has 0 saturated carbocycles. The normalized spacial score (nSPS) is 15.6. The molecule has 130 valence electrons. The predicted molar refractivity (Wildman–Crippen MR) is 97.4 cm³/mol. The fourth-order valence-corrected chi connectivity index (χ4v) is 2.86. The molecule has 7 nitrogen and oxygen atoms in total. The lowest BCUT2D eigenvalue weighted by Crippen LogP contribution is -2.44. The third kappa shape index (κ3) is 5.32. The Morgan fingerprint density at radius 3 is 2.67 bits per heavy atom. The molecule has 0 unspecified atom stereocenters. The van der Waals surface area contributed by atoms with Crippen molar-refractivity contribution in [3.8, 4) is 0 Å². The van der Waals surface area contributed by atoms with Crippen LogP contribution in [-0.4, -0.2) is 35.7 Å². The van der Waals surface area contributed by atoms with Crippen LogP contribution in [0, 0.1) is 0 Å². The number of hydrogen-bond donors (Lipinski definition) is 1. The molecule has 0 atom stereocenters. The van der Waals surface area contributed by atoms with E-state index in [0.717, 1.165) is 23.0 Å². The molecule has 0 aliphatic carbocycles. The van der Waals surface area contributed by atoms with Crippen LogP contribution < -0.4 is 5.32 Å². The van der Waals surface area contributed by atoms with Crippen LogP contribution in [0.5, 0.6) is 0 Å². The molecule has 2 rings (SSSR count). The summed E-state index contributed by atoms with van der Waals surface area (Å²) in [6, 6.07) is 5.78. The van der Waals surface area contributed by atoms with Crippen molar-refractivity contribution in [3.63, 3.8) is 0 Å². The van der Waals surface area contributed by atoms with Gasteiger partial charge in [0.15, 0.2) is 0 Å². The number of halogens is 1. The Bertz CT molecular complexity index is 644. The van der Waals surface area contributed by atoms with Crippen LogP contribution in [0.3, 0.4) is 0 Å². The zero-order valence-electron chi connectivity index (χ0n) is 14.1. The Hall–Kier alpha value is -1.92. The molecule has 24 heavy (non-hydrogen) atoms. The number of amides is 1. The smallest absolute Gasteiger partial charge is 0.410 e. The molecule has 1 saturated heterocycles. The lowest BCUT2D eigenvalue weighted by atomic mass is 10.0. The Morgan fingerprint density at radius 1 is 1.42 bits per heavy atom. The Kier molecular flexibility index (Phi) is 5.96. The molecule has 1 heterocycles. The first kappa shape index (κ1) is 18.4. The molecule has 1 aliphatic heterocycles. The highest BCUT2D eigenvalue weighted by atomic mass is 79.9. The fraction of sp³-hybridized carbons (Fsp3) is 0.562. The van der Waals surface area contributed by atoms with E-state index in [2.05, 4.69) is 31.3 Å². The van der Waals surface area contributed by atoms with Gasteiger partial charge in [0.05, 0.1) is 5.69 Å². The second-order valence-electron chi connectivity index (χ2n) is 6.74. The second kappa shape index (κ2) is 7.77. The summed E-state index contributed by atoms with van der Waals surface area (Å²) in [7, 11) is 0. The van der Waals surface area contributed by atoms with Crippen molar-refractivity contribution < 1.29 is 9.53 Å². The summed E-state index contributed by atoms with van der Waals surface area (Å²) in [6.45, 7) is 6.87. The number of anilines is 1. The number of azide groups is 1. The lowest BCUT2D eigenvalue weighted by molar-refractivity contribution is 0.0210. The third-order valence-corrected chi connectivity index (χ3v) is 4.11. The molecule has 0 bridgehead atoms. The van der Waals surface area contributed by atoms with E-state index in [0.29, 0.717) is 18.8 Å². The Morgan fingerprint density at radius 2 is 2.08 bits per heavy atom. The summed E-state index contributed by atoms with van der Waals surface area (Å²) in [6.07, 6.45) is 1.36. The van der Waals surface area contributed by atoms with Gasteiger partial charge < -0.3 is 15.0 Å². The number of carbonyl (C=O) groups is 1. The minimum absolute atomic E-state index is 0.220. The molecule has 1 fully saturated rings. The number of hydrogen-bond acceptors (Lipinski definition) is 4. The van der Waals surface area contributed by atoms with E-state index < -0.39 is 5.60 Å². The minimum atomic E-state index is -0.478. The van der Waals surface area contributed by atoms with Crippen molar-refractivity contribution >= 4 is 33.4 Å². The van der Waals surface area contributed by atoms with Crippen molar-refractivity contribution in [3.05, 3.63) is 33.1 Å². The van der Waals surface area contributed by atoms with Gasteiger partial charge in [0.25, 0.3) is 0 Å². The lowest BCUT2D eigenvalue weighted by Gasteiger charge is -2.34.